The molecule has 118 valence electrons. The molecule has 0 aliphatic rings. The minimum atomic E-state index is -0.493. The standard InChI is InChI=1S/C18H16O5/c1-10-13-6-4-11(19)8-16(13)23-18(20)17(10)14-9-12(21-2)5-7-15(14)22-3/h4-9,19H,1-3H3. The van der Waals surface area contributed by atoms with E-state index < -0.39 is 5.63 Å². The number of phenolic OH excluding ortho intramolecular Hbond substituents is 1. The van der Waals surface area contributed by atoms with Crippen LogP contribution in [-0.2, 0) is 0 Å². The highest BCUT2D eigenvalue weighted by Crippen LogP contribution is 2.36. The zero-order chi connectivity index (χ0) is 16.6. The number of phenols is 1. The van der Waals surface area contributed by atoms with Crippen LogP contribution < -0.4 is 15.1 Å². The maximum Gasteiger partial charge on any atom is 0.344 e. The first-order valence-corrected chi connectivity index (χ1v) is 7.04. The van der Waals surface area contributed by atoms with Gasteiger partial charge < -0.3 is 19.0 Å². The third-order valence-corrected chi connectivity index (χ3v) is 3.83. The van der Waals surface area contributed by atoms with Crippen molar-refractivity contribution < 1.29 is 19.0 Å². The average molecular weight is 312 g/mol. The van der Waals surface area contributed by atoms with Gasteiger partial charge >= 0.3 is 5.63 Å². The van der Waals surface area contributed by atoms with E-state index in [1.54, 1.807) is 44.6 Å². The van der Waals surface area contributed by atoms with Gasteiger partial charge in [0.25, 0.3) is 0 Å². The number of aryl methyl sites for hydroxylation is 1. The summed E-state index contributed by atoms with van der Waals surface area (Å²) in [5.41, 5.74) is 1.63. The molecule has 0 unspecified atom stereocenters. The molecule has 0 saturated heterocycles. The molecular formula is C18H16O5. The second kappa shape index (κ2) is 5.68. The van der Waals surface area contributed by atoms with Crippen LogP contribution in [0, 0.1) is 6.92 Å². The summed E-state index contributed by atoms with van der Waals surface area (Å²) in [6, 6.07) is 9.95. The third kappa shape index (κ3) is 2.50. The summed E-state index contributed by atoms with van der Waals surface area (Å²) in [7, 11) is 3.10. The van der Waals surface area contributed by atoms with Gasteiger partial charge in [0, 0.05) is 17.0 Å². The monoisotopic (exact) mass is 312 g/mol. The van der Waals surface area contributed by atoms with E-state index in [1.807, 2.05) is 6.92 Å². The summed E-state index contributed by atoms with van der Waals surface area (Å²) >= 11 is 0. The second-order valence-corrected chi connectivity index (χ2v) is 5.14. The van der Waals surface area contributed by atoms with Gasteiger partial charge in [0.1, 0.15) is 22.8 Å². The predicted octanol–water partition coefficient (Wildman–Crippen LogP) is 3.49. The molecule has 0 atom stereocenters. The van der Waals surface area contributed by atoms with Crippen LogP contribution in [0.15, 0.2) is 45.6 Å². The molecule has 5 heteroatoms. The van der Waals surface area contributed by atoms with Crippen molar-refractivity contribution in [2.45, 2.75) is 6.92 Å². The summed E-state index contributed by atoms with van der Waals surface area (Å²) in [5, 5.41) is 10.3. The molecule has 0 saturated carbocycles. The fourth-order valence-electron chi connectivity index (χ4n) is 2.67. The molecule has 0 radical (unpaired) electrons. The van der Waals surface area contributed by atoms with Crippen molar-refractivity contribution in [2.24, 2.45) is 0 Å². The highest BCUT2D eigenvalue weighted by molar-refractivity contribution is 5.88. The van der Waals surface area contributed by atoms with Crippen molar-refractivity contribution in [1.82, 2.24) is 0 Å². The van der Waals surface area contributed by atoms with Crippen LogP contribution in [-0.4, -0.2) is 19.3 Å². The van der Waals surface area contributed by atoms with Gasteiger partial charge in [0.2, 0.25) is 0 Å². The molecule has 3 aromatic rings. The van der Waals surface area contributed by atoms with Crippen LogP contribution in [0.25, 0.3) is 22.1 Å². The van der Waals surface area contributed by atoms with Crippen molar-refractivity contribution in [2.75, 3.05) is 14.2 Å². The van der Waals surface area contributed by atoms with Gasteiger partial charge in [0.15, 0.2) is 0 Å². The van der Waals surface area contributed by atoms with E-state index in [9.17, 15) is 9.90 Å². The van der Waals surface area contributed by atoms with Gasteiger partial charge in [-0.15, -0.1) is 0 Å². The number of methoxy groups -OCH3 is 2. The van der Waals surface area contributed by atoms with Crippen LogP contribution in [0.3, 0.4) is 0 Å². The molecule has 1 aromatic heterocycles. The Kier molecular flexibility index (Phi) is 3.70. The van der Waals surface area contributed by atoms with Gasteiger partial charge in [0.05, 0.1) is 19.8 Å². The first-order valence-electron chi connectivity index (χ1n) is 7.04. The smallest absolute Gasteiger partial charge is 0.344 e. The molecule has 2 aromatic carbocycles. The normalized spacial score (nSPS) is 10.7. The van der Waals surface area contributed by atoms with Crippen molar-refractivity contribution in [1.29, 1.82) is 0 Å². The van der Waals surface area contributed by atoms with Gasteiger partial charge in [-0.05, 0) is 42.8 Å². The maximum absolute atomic E-state index is 12.5. The van der Waals surface area contributed by atoms with E-state index in [1.165, 1.54) is 6.07 Å². The first-order chi connectivity index (χ1) is 11.0. The number of aromatic hydroxyl groups is 1. The van der Waals surface area contributed by atoms with Crippen molar-refractivity contribution in [3.63, 3.8) is 0 Å². The average Bonchev–Trinajstić information content (AvgIpc) is 2.54. The summed E-state index contributed by atoms with van der Waals surface area (Å²) in [4.78, 5) is 12.5. The Labute approximate surface area is 132 Å². The van der Waals surface area contributed by atoms with Gasteiger partial charge in [-0.1, -0.05) is 0 Å². The van der Waals surface area contributed by atoms with E-state index in [0.29, 0.717) is 28.2 Å². The Bertz CT molecular complexity index is 940. The molecule has 5 nitrogen and oxygen atoms in total. The fraction of sp³-hybridized carbons (Fsp3) is 0.167. The maximum atomic E-state index is 12.5. The van der Waals surface area contributed by atoms with Crippen molar-refractivity contribution in [3.8, 4) is 28.4 Å². The second-order valence-electron chi connectivity index (χ2n) is 5.14. The zero-order valence-corrected chi connectivity index (χ0v) is 13.0. The Morgan fingerprint density at radius 2 is 1.83 bits per heavy atom. The minimum Gasteiger partial charge on any atom is -0.508 e. The Balaban J connectivity index is 2.37. The number of fused-ring (bicyclic) bond motifs is 1. The number of ether oxygens (including phenoxy) is 2. The number of hydrogen-bond acceptors (Lipinski definition) is 5. The SMILES string of the molecule is COc1ccc(OC)c(-c2c(C)c3ccc(O)cc3oc2=O)c1. The summed E-state index contributed by atoms with van der Waals surface area (Å²) < 4.78 is 16.0. The minimum absolute atomic E-state index is 0.0479. The van der Waals surface area contributed by atoms with Gasteiger partial charge in [-0.3, -0.25) is 0 Å². The molecule has 0 fully saturated rings. The molecule has 1 N–H and O–H groups in total. The summed E-state index contributed by atoms with van der Waals surface area (Å²) in [6.45, 7) is 1.84. The van der Waals surface area contributed by atoms with E-state index in [-0.39, 0.29) is 5.75 Å². The highest BCUT2D eigenvalue weighted by Gasteiger charge is 2.18. The van der Waals surface area contributed by atoms with Crippen molar-refractivity contribution in [3.05, 3.63) is 52.4 Å². The number of benzene rings is 2. The Hall–Kier alpha value is -2.95. The molecule has 0 spiro atoms. The fourth-order valence-corrected chi connectivity index (χ4v) is 2.67. The molecule has 0 aliphatic carbocycles. The largest absolute Gasteiger partial charge is 0.508 e. The van der Waals surface area contributed by atoms with Crippen LogP contribution in [0.5, 0.6) is 17.2 Å². The van der Waals surface area contributed by atoms with Gasteiger partial charge in [-0.2, -0.15) is 0 Å². The molecule has 1 heterocycles. The lowest BCUT2D eigenvalue weighted by molar-refractivity contribution is 0.404. The lowest BCUT2D eigenvalue weighted by atomic mass is 9.98. The van der Waals surface area contributed by atoms with Crippen LogP contribution in [0.1, 0.15) is 5.56 Å². The van der Waals surface area contributed by atoms with Crippen LogP contribution in [0.2, 0.25) is 0 Å². The lowest BCUT2D eigenvalue weighted by Crippen LogP contribution is -2.07. The quantitative estimate of drug-likeness (QED) is 0.750. The van der Waals surface area contributed by atoms with Crippen LogP contribution in [0.4, 0.5) is 0 Å². The lowest BCUT2D eigenvalue weighted by Gasteiger charge is -2.13. The Morgan fingerprint density at radius 1 is 1.04 bits per heavy atom. The summed E-state index contributed by atoms with van der Waals surface area (Å²) in [6.07, 6.45) is 0. The van der Waals surface area contributed by atoms with E-state index in [0.717, 1.165) is 10.9 Å². The number of rotatable bonds is 3. The van der Waals surface area contributed by atoms with E-state index in [2.05, 4.69) is 0 Å². The van der Waals surface area contributed by atoms with Gasteiger partial charge in [-0.25, -0.2) is 4.79 Å². The van der Waals surface area contributed by atoms with E-state index in [4.69, 9.17) is 13.9 Å². The molecule has 0 aliphatic heterocycles. The molecule has 23 heavy (non-hydrogen) atoms. The molecule has 0 amide bonds. The predicted molar refractivity (Wildman–Crippen MR) is 87.4 cm³/mol. The zero-order valence-electron chi connectivity index (χ0n) is 13.0. The third-order valence-electron chi connectivity index (χ3n) is 3.83. The van der Waals surface area contributed by atoms with Crippen molar-refractivity contribution >= 4 is 11.0 Å². The first kappa shape index (κ1) is 15.0. The topological polar surface area (TPSA) is 68.9 Å². The molecule has 0 bridgehead atoms. The summed E-state index contributed by atoms with van der Waals surface area (Å²) in [5.74, 6) is 1.22. The molecule has 3 rings (SSSR count). The van der Waals surface area contributed by atoms with E-state index >= 15 is 0 Å². The Morgan fingerprint density at radius 3 is 2.52 bits per heavy atom. The van der Waals surface area contributed by atoms with Crippen LogP contribution >= 0.6 is 0 Å². The number of hydrogen-bond donors (Lipinski definition) is 1. The highest BCUT2D eigenvalue weighted by atomic mass is 16.5. The molecular weight excluding hydrogens is 296 g/mol.